The lowest BCUT2D eigenvalue weighted by molar-refractivity contribution is 0.466. The van der Waals surface area contributed by atoms with Crippen LogP contribution in [0.3, 0.4) is 0 Å². The minimum absolute atomic E-state index is 0.0995. The minimum atomic E-state index is -0.0995. The molecule has 5 nitrogen and oxygen atoms in total. The predicted molar refractivity (Wildman–Crippen MR) is 133 cm³/mol. The number of thiazole rings is 1. The van der Waals surface area contributed by atoms with Crippen molar-refractivity contribution >= 4 is 17.0 Å². The zero-order valence-corrected chi connectivity index (χ0v) is 20.2. The van der Waals surface area contributed by atoms with Crippen LogP contribution in [-0.4, -0.2) is 13.9 Å². The van der Waals surface area contributed by atoms with Gasteiger partial charge in [0.1, 0.15) is 0 Å². The van der Waals surface area contributed by atoms with Crippen molar-refractivity contribution in [3.63, 3.8) is 0 Å². The van der Waals surface area contributed by atoms with Gasteiger partial charge in [-0.3, -0.25) is 9.48 Å². The Morgan fingerprint density at radius 3 is 2.25 bits per heavy atom. The van der Waals surface area contributed by atoms with E-state index in [9.17, 15) is 4.79 Å². The van der Waals surface area contributed by atoms with Crippen LogP contribution in [0.15, 0.2) is 69.8 Å². The van der Waals surface area contributed by atoms with Crippen molar-refractivity contribution in [2.45, 2.75) is 46.6 Å². The molecule has 0 radical (unpaired) electrons. The lowest BCUT2D eigenvalue weighted by Gasteiger charge is -2.18. The van der Waals surface area contributed by atoms with Gasteiger partial charge >= 0.3 is 0 Å². The van der Waals surface area contributed by atoms with E-state index >= 15 is 0 Å². The van der Waals surface area contributed by atoms with E-state index < -0.39 is 0 Å². The van der Waals surface area contributed by atoms with Gasteiger partial charge in [0.15, 0.2) is 10.5 Å². The number of aromatic nitrogens is 3. The molecule has 0 amide bonds. The summed E-state index contributed by atoms with van der Waals surface area (Å²) in [4.78, 5) is 19.2. The fraction of sp³-hybridized carbons (Fsp3) is 0.308. The molecule has 32 heavy (non-hydrogen) atoms. The fourth-order valence-corrected chi connectivity index (χ4v) is 5.09. The normalized spacial score (nSPS) is 12.1. The summed E-state index contributed by atoms with van der Waals surface area (Å²) >= 11 is 1.60. The third-order valence-electron chi connectivity index (χ3n) is 6.13. The Morgan fingerprint density at radius 2 is 1.62 bits per heavy atom. The van der Waals surface area contributed by atoms with E-state index in [1.165, 1.54) is 11.1 Å². The van der Waals surface area contributed by atoms with E-state index in [0.717, 1.165) is 34.7 Å². The van der Waals surface area contributed by atoms with Gasteiger partial charge < -0.3 is 4.57 Å². The Balaban J connectivity index is 1.94. The van der Waals surface area contributed by atoms with Crippen LogP contribution in [0.25, 0.3) is 16.9 Å². The molecule has 0 atom stereocenters. The first-order valence-electron chi connectivity index (χ1n) is 11.1. The van der Waals surface area contributed by atoms with Gasteiger partial charge in [-0.05, 0) is 44.4 Å². The van der Waals surface area contributed by atoms with Crippen LogP contribution in [-0.2, 0) is 7.05 Å². The number of para-hydroxylation sites is 1. The molecule has 0 saturated carbocycles. The molecule has 0 bridgehead atoms. The molecule has 166 valence electrons. The summed E-state index contributed by atoms with van der Waals surface area (Å²) in [5.74, 6) is 0. The molecular weight excluding hydrogens is 416 g/mol. The molecule has 4 rings (SSSR count). The summed E-state index contributed by atoms with van der Waals surface area (Å²) in [6, 6.07) is 18.6. The van der Waals surface area contributed by atoms with Crippen LogP contribution in [0, 0.1) is 13.8 Å². The van der Waals surface area contributed by atoms with Crippen molar-refractivity contribution < 1.29 is 0 Å². The molecule has 0 aliphatic rings. The topological polar surface area (TPSA) is 44.2 Å². The Kier molecular flexibility index (Phi) is 6.33. The lowest BCUT2D eigenvalue weighted by atomic mass is 10.1. The van der Waals surface area contributed by atoms with Crippen LogP contribution in [0.5, 0.6) is 0 Å². The average molecular weight is 447 g/mol. The summed E-state index contributed by atoms with van der Waals surface area (Å²) in [6.45, 7) is 8.47. The largest absolute Gasteiger partial charge is 0.313 e. The van der Waals surface area contributed by atoms with E-state index in [1.807, 2.05) is 49.0 Å². The smallest absolute Gasteiger partial charge is 0.297 e. The highest BCUT2D eigenvalue weighted by Crippen LogP contribution is 2.27. The van der Waals surface area contributed by atoms with Crippen molar-refractivity contribution in [2.75, 3.05) is 0 Å². The summed E-state index contributed by atoms with van der Waals surface area (Å²) in [7, 11) is 1.91. The fourth-order valence-electron chi connectivity index (χ4n) is 4.12. The first-order valence-corrected chi connectivity index (χ1v) is 12.0. The Morgan fingerprint density at radius 1 is 0.969 bits per heavy atom. The molecule has 0 saturated heterocycles. The maximum atomic E-state index is 13.4. The number of nitrogens with zero attached hydrogens (tertiary/aromatic N) is 4. The molecule has 4 aromatic rings. The summed E-state index contributed by atoms with van der Waals surface area (Å²) < 4.78 is 5.88. The Hall–Kier alpha value is -3.12. The first-order chi connectivity index (χ1) is 15.5. The van der Waals surface area contributed by atoms with E-state index in [1.54, 1.807) is 16.0 Å². The highest BCUT2D eigenvalue weighted by atomic mass is 32.1. The van der Waals surface area contributed by atoms with Gasteiger partial charge in [-0.2, -0.15) is 0 Å². The Bertz CT molecular complexity index is 1330. The number of rotatable bonds is 6. The second-order valence-corrected chi connectivity index (χ2v) is 8.97. The third-order valence-corrected chi connectivity index (χ3v) is 6.97. The van der Waals surface area contributed by atoms with E-state index in [4.69, 9.17) is 4.99 Å². The number of benzene rings is 2. The van der Waals surface area contributed by atoms with Gasteiger partial charge in [-0.1, -0.05) is 61.9 Å². The highest BCUT2D eigenvalue weighted by Gasteiger charge is 2.19. The summed E-state index contributed by atoms with van der Waals surface area (Å²) in [6.07, 6.45) is 2.00. The van der Waals surface area contributed by atoms with Gasteiger partial charge in [-0.15, -0.1) is 11.3 Å². The standard InChI is InChI=1S/C26H30N4OS/c1-6-21(7-2)29-23(20-15-13-18(3)14-16-20)17-32-26(29)27-24-19(4)28(5)30(25(24)31)22-11-9-8-10-12-22/h8-17,21H,6-7H2,1-5H3. The van der Waals surface area contributed by atoms with Crippen molar-refractivity contribution in [1.82, 2.24) is 13.9 Å². The van der Waals surface area contributed by atoms with Crippen LogP contribution >= 0.6 is 11.3 Å². The first kappa shape index (κ1) is 22.1. The summed E-state index contributed by atoms with van der Waals surface area (Å²) in [5.41, 5.74) is 5.64. The lowest BCUT2D eigenvalue weighted by Crippen LogP contribution is -2.22. The van der Waals surface area contributed by atoms with E-state index in [-0.39, 0.29) is 5.56 Å². The average Bonchev–Trinajstić information content (AvgIpc) is 3.31. The molecule has 2 heterocycles. The van der Waals surface area contributed by atoms with Gasteiger partial charge in [0.25, 0.3) is 5.56 Å². The number of hydrogen-bond acceptors (Lipinski definition) is 3. The summed E-state index contributed by atoms with van der Waals surface area (Å²) in [5, 5.41) is 2.16. The van der Waals surface area contributed by atoms with Crippen molar-refractivity contribution in [2.24, 2.45) is 12.0 Å². The highest BCUT2D eigenvalue weighted by molar-refractivity contribution is 7.07. The quantitative estimate of drug-likeness (QED) is 0.363. The third kappa shape index (κ3) is 3.91. The second kappa shape index (κ2) is 9.17. The zero-order valence-electron chi connectivity index (χ0n) is 19.4. The van der Waals surface area contributed by atoms with Gasteiger partial charge in [-0.25, -0.2) is 9.67 Å². The molecule has 0 aliphatic carbocycles. The molecule has 0 unspecified atom stereocenters. The Labute approximate surface area is 192 Å². The molecule has 0 spiro atoms. The molecule has 0 aliphatic heterocycles. The second-order valence-electron chi connectivity index (χ2n) is 8.13. The van der Waals surface area contributed by atoms with Gasteiger partial charge in [0, 0.05) is 18.5 Å². The molecular formula is C26H30N4OS. The predicted octanol–water partition coefficient (Wildman–Crippen LogP) is 5.92. The van der Waals surface area contributed by atoms with Crippen molar-refractivity contribution in [3.8, 4) is 16.9 Å². The molecule has 0 fully saturated rings. The maximum Gasteiger partial charge on any atom is 0.297 e. The monoisotopic (exact) mass is 446 g/mol. The van der Waals surface area contributed by atoms with Crippen LogP contribution in [0.1, 0.15) is 44.0 Å². The van der Waals surface area contributed by atoms with Gasteiger partial charge in [0.05, 0.1) is 17.1 Å². The maximum absolute atomic E-state index is 13.4. The van der Waals surface area contributed by atoms with E-state index in [2.05, 4.69) is 55.0 Å². The van der Waals surface area contributed by atoms with Crippen LogP contribution < -0.4 is 10.4 Å². The number of hydrogen-bond donors (Lipinski definition) is 0. The molecule has 6 heteroatoms. The van der Waals surface area contributed by atoms with Crippen LogP contribution in [0.2, 0.25) is 0 Å². The molecule has 2 aromatic carbocycles. The van der Waals surface area contributed by atoms with E-state index in [0.29, 0.717) is 11.7 Å². The van der Waals surface area contributed by atoms with Crippen molar-refractivity contribution in [1.29, 1.82) is 0 Å². The van der Waals surface area contributed by atoms with Gasteiger partial charge in [0.2, 0.25) is 0 Å². The molecule has 0 N–H and O–H groups in total. The van der Waals surface area contributed by atoms with Crippen LogP contribution in [0.4, 0.5) is 5.69 Å². The minimum Gasteiger partial charge on any atom is -0.313 e. The zero-order chi connectivity index (χ0) is 22.8. The SMILES string of the molecule is CCC(CC)n1c(-c2ccc(C)cc2)csc1=Nc1c(C)n(C)n(-c2ccccc2)c1=O. The van der Waals surface area contributed by atoms with Crippen molar-refractivity contribution in [3.05, 3.63) is 86.4 Å². The number of aryl methyl sites for hydroxylation is 1. The molecule has 2 aromatic heterocycles.